The Balaban J connectivity index is 1.67. The van der Waals surface area contributed by atoms with E-state index in [4.69, 9.17) is 21.6 Å². The number of nitrogens with zero attached hydrogens (tertiary/aromatic N) is 1. The summed E-state index contributed by atoms with van der Waals surface area (Å²) in [5.41, 5.74) is 1.42. The zero-order valence-corrected chi connectivity index (χ0v) is 11.0. The van der Waals surface area contributed by atoms with Crippen LogP contribution in [0.3, 0.4) is 0 Å². The second-order valence-corrected chi connectivity index (χ2v) is 5.04. The smallest absolute Gasteiger partial charge is 0.101 e. The van der Waals surface area contributed by atoms with Gasteiger partial charge in [0.2, 0.25) is 0 Å². The van der Waals surface area contributed by atoms with Gasteiger partial charge in [0.15, 0.2) is 0 Å². The third-order valence-corrected chi connectivity index (χ3v) is 3.17. The number of benzene rings is 1. The van der Waals surface area contributed by atoms with Crippen molar-refractivity contribution in [2.24, 2.45) is 5.92 Å². The molecule has 1 aromatic carbocycles. The minimum absolute atomic E-state index is 0.585. The molecule has 2 rings (SSSR count). The van der Waals surface area contributed by atoms with Crippen LogP contribution in [0.4, 0.5) is 5.69 Å². The summed E-state index contributed by atoms with van der Waals surface area (Å²) in [5, 5.41) is 12.8. The van der Waals surface area contributed by atoms with Gasteiger partial charge in [-0.15, -0.1) is 0 Å². The van der Waals surface area contributed by atoms with Crippen molar-refractivity contribution in [3.05, 3.63) is 28.8 Å². The van der Waals surface area contributed by atoms with Gasteiger partial charge in [0.1, 0.15) is 6.07 Å². The van der Waals surface area contributed by atoms with Gasteiger partial charge in [0, 0.05) is 24.8 Å². The molecular weight excluding hydrogens is 248 g/mol. The molecule has 1 aliphatic carbocycles. The van der Waals surface area contributed by atoms with Crippen molar-refractivity contribution in [2.75, 3.05) is 25.1 Å². The lowest BCUT2D eigenvalue weighted by Crippen LogP contribution is -2.07. The summed E-state index contributed by atoms with van der Waals surface area (Å²) < 4.78 is 5.55. The second-order valence-electron chi connectivity index (χ2n) is 4.60. The SMILES string of the molecule is N#Cc1cc(Cl)ccc1NCCCOCC1CC1. The zero-order valence-electron chi connectivity index (χ0n) is 10.3. The Morgan fingerprint density at radius 2 is 2.28 bits per heavy atom. The molecule has 1 aliphatic rings. The monoisotopic (exact) mass is 264 g/mol. The van der Waals surface area contributed by atoms with Crippen molar-refractivity contribution in [2.45, 2.75) is 19.3 Å². The molecule has 1 fully saturated rings. The maximum Gasteiger partial charge on any atom is 0.101 e. The topological polar surface area (TPSA) is 45.0 Å². The third kappa shape index (κ3) is 4.21. The van der Waals surface area contributed by atoms with Crippen LogP contribution in [0.15, 0.2) is 18.2 Å². The Morgan fingerprint density at radius 3 is 3.00 bits per heavy atom. The molecular formula is C14H17ClN2O. The van der Waals surface area contributed by atoms with Crippen molar-refractivity contribution in [1.29, 1.82) is 5.26 Å². The van der Waals surface area contributed by atoms with Gasteiger partial charge in [-0.3, -0.25) is 0 Å². The van der Waals surface area contributed by atoms with Crippen LogP contribution < -0.4 is 5.32 Å². The molecule has 1 N–H and O–H groups in total. The van der Waals surface area contributed by atoms with Crippen LogP contribution in [0.2, 0.25) is 5.02 Å². The van der Waals surface area contributed by atoms with E-state index in [1.165, 1.54) is 12.8 Å². The summed E-state index contributed by atoms with van der Waals surface area (Å²) in [6.45, 7) is 2.49. The highest BCUT2D eigenvalue weighted by atomic mass is 35.5. The van der Waals surface area contributed by atoms with Gasteiger partial charge in [-0.05, 0) is 43.4 Å². The van der Waals surface area contributed by atoms with Crippen LogP contribution in [0.25, 0.3) is 0 Å². The predicted octanol–water partition coefficient (Wildman–Crippen LogP) is 3.44. The molecule has 96 valence electrons. The molecule has 0 aliphatic heterocycles. The van der Waals surface area contributed by atoms with Gasteiger partial charge >= 0.3 is 0 Å². The fourth-order valence-corrected chi connectivity index (χ4v) is 1.87. The first-order valence-electron chi connectivity index (χ1n) is 6.31. The summed E-state index contributed by atoms with van der Waals surface area (Å²) in [7, 11) is 0. The van der Waals surface area contributed by atoms with E-state index in [0.29, 0.717) is 10.6 Å². The molecule has 0 saturated heterocycles. The molecule has 0 heterocycles. The van der Waals surface area contributed by atoms with Crippen LogP contribution in [0, 0.1) is 17.2 Å². The zero-order chi connectivity index (χ0) is 12.8. The van der Waals surface area contributed by atoms with Gasteiger partial charge in [-0.2, -0.15) is 5.26 Å². The van der Waals surface area contributed by atoms with Gasteiger partial charge in [-0.25, -0.2) is 0 Å². The maximum absolute atomic E-state index is 8.98. The highest BCUT2D eigenvalue weighted by Gasteiger charge is 2.20. The lowest BCUT2D eigenvalue weighted by molar-refractivity contribution is 0.124. The average Bonchev–Trinajstić information content (AvgIpc) is 3.19. The van der Waals surface area contributed by atoms with E-state index >= 15 is 0 Å². The van der Waals surface area contributed by atoms with Crippen molar-refractivity contribution >= 4 is 17.3 Å². The number of rotatable bonds is 7. The number of nitrogens with one attached hydrogen (secondary N) is 1. The quantitative estimate of drug-likeness (QED) is 0.768. The predicted molar refractivity (Wildman–Crippen MR) is 72.8 cm³/mol. The Morgan fingerprint density at radius 1 is 1.44 bits per heavy atom. The van der Waals surface area contributed by atoms with Crippen molar-refractivity contribution < 1.29 is 4.74 Å². The van der Waals surface area contributed by atoms with E-state index in [9.17, 15) is 0 Å². The number of nitriles is 1. The molecule has 0 unspecified atom stereocenters. The van der Waals surface area contributed by atoms with Gasteiger partial charge in [0.05, 0.1) is 11.3 Å². The second kappa shape index (κ2) is 6.63. The first-order valence-corrected chi connectivity index (χ1v) is 6.68. The molecule has 4 heteroatoms. The summed E-state index contributed by atoms with van der Waals surface area (Å²) in [4.78, 5) is 0. The van der Waals surface area contributed by atoms with Crippen molar-refractivity contribution in [1.82, 2.24) is 0 Å². The van der Waals surface area contributed by atoms with E-state index in [0.717, 1.165) is 37.8 Å². The highest BCUT2D eigenvalue weighted by Crippen LogP contribution is 2.28. The number of halogens is 1. The molecule has 0 amide bonds. The number of hydrogen-bond donors (Lipinski definition) is 1. The summed E-state index contributed by atoms with van der Waals surface area (Å²) in [6.07, 6.45) is 3.60. The lowest BCUT2D eigenvalue weighted by Gasteiger charge is -2.08. The van der Waals surface area contributed by atoms with Crippen molar-refractivity contribution in [3.8, 4) is 6.07 Å². The van der Waals surface area contributed by atoms with Crippen LogP contribution in [0.1, 0.15) is 24.8 Å². The van der Waals surface area contributed by atoms with Crippen LogP contribution >= 0.6 is 11.6 Å². The van der Waals surface area contributed by atoms with E-state index in [1.807, 2.05) is 6.07 Å². The number of ether oxygens (including phenoxy) is 1. The molecule has 3 nitrogen and oxygen atoms in total. The highest BCUT2D eigenvalue weighted by molar-refractivity contribution is 6.30. The van der Waals surface area contributed by atoms with Gasteiger partial charge < -0.3 is 10.1 Å². The fourth-order valence-electron chi connectivity index (χ4n) is 1.69. The van der Waals surface area contributed by atoms with Crippen LogP contribution in [-0.2, 0) is 4.74 Å². The first-order chi connectivity index (χ1) is 8.79. The Kier molecular flexibility index (Phi) is 4.86. The first kappa shape index (κ1) is 13.2. The Labute approximate surface area is 113 Å². The minimum Gasteiger partial charge on any atom is -0.384 e. The molecule has 0 atom stereocenters. The molecule has 1 saturated carbocycles. The summed E-state index contributed by atoms with van der Waals surface area (Å²) >= 11 is 5.83. The molecule has 18 heavy (non-hydrogen) atoms. The largest absolute Gasteiger partial charge is 0.384 e. The normalized spacial score (nSPS) is 14.2. The molecule has 0 aromatic heterocycles. The average molecular weight is 265 g/mol. The van der Waals surface area contributed by atoms with Crippen LogP contribution in [-0.4, -0.2) is 19.8 Å². The standard InChI is InChI=1S/C14H17ClN2O/c15-13-4-5-14(12(8-13)9-16)17-6-1-7-18-10-11-2-3-11/h4-5,8,11,17H,1-3,6-7,10H2. The number of hydrogen-bond acceptors (Lipinski definition) is 3. The lowest BCUT2D eigenvalue weighted by atomic mass is 10.2. The molecule has 0 radical (unpaired) electrons. The molecule has 0 spiro atoms. The van der Waals surface area contributed by atoms with E-state index < -0.39 is 0 Å². The Hall–Kier alpha value is -1.24. The summed E-state index contributed by atoms with van der Waals surface area (Å²) in [5.74, 6) is 0.819. The van der Waals surface area contributed by atoms with Crippen molar-refractivity contribution in [3.63, 3.8) is 0 Å². The molecule has 1 aromatic rings. The minimum atomic E-state index is 0.585. The van der Waals surface area contributed by atoms with Gasteiger partial charge in [-0.1, -0.05) is 11.6 Å². The van der Waals surface area contributed by atoms with Crippen LogP contribution in [0.5, 0.6) is 0 Å². The van der Waals surface area contributed by atoms with E-state index in [1.54, 1.807) is 12.1 Å². The van der Waals surface area contributed by atoms with E-state index in [-0.39, 0.29) is 0 Å². The Bertz CT molecular complexity index is 438. The fraction of sp³-hybridized carbons (Fsp3) is 0.500. The maximum atomic E-state index is 8.98. The summed E-state index contributed by atoms with van der Waals surface area (Å²) in [6, 6.07) is 7.43. The number of anilines is 1. The third-order valence-electron chi connectivity index (χ3n) is 2.93. The van der Waals surface area contributed by atoms with Gasteiger partial charge in [0.25, 0.3) is 0 Å². The molecule has 0 bridgehead atoms. The van der Waals surface area contributed by atoms with E-state index in [2.05, 4.69) is 11.4 Å².